The van der Waals surface area contributed by atoms with Gasteiger partial charge in [-0.05, 0) is 47.4 Å². The quantitative estimate of drug-likeness (QED) is 0.367. The van der Waals surface area contributed by atoms with Crippen LogP contribution in [-0.4, -0.2) is 49.3 Å². The van der Waals surface area contributed by atoms with Crippen molar-refractivity contribution in [1.29, 1.82) is 0 Å². The Labute approximate surface area is 213 Å². The van der Waals surface area contributed by atoms with Gasteiger partial charge in [-0.2, -0.15) is 0 Å². The number of nitrogens with zero attached hydrogens (tertiary/aromatic N) is 2. The predicted octanol–water partition coefficient (Wildman–Crippen LogP) is 6.01. The largest absolute Gasteiger partial charge is 0.486 e. The summed E-state index contributed by atoms with van der Waals surface area (Å²) in [5.74, 6) is 2.66. The first-order chi connectivity index (χ1) is 17.5. The summed E-state index contributed by atoms with van der Waals surface area (Å²) in [6.07, 6.45) is 0.398. The van der Waals surface area contributed by atoms with E-state index in [0.717, 1.165) is 62.9 Å². The van der Waals surface area contributed by atoms with Crippen molar-refractivity contribution in [1.82, 2.24) is 9.80 Å². The third kappa shape index (κ3) is 6.00. The van der Waals surface area contributed by atoms with Crippen molar-refractivity contribution in [3.8, 4) is 17.2 Å². The minimum Gasteiger partial charge on any atom is -0.486 e. The molecule has 0 amide bonds. The van der Waals surface area contributed by atoms with Gasteiger partial charge in [0.05, 0.1) is 0 Å². The van der Waals surface area contributed by atoms with Gasteiger partial charge in [-0.15, -0.1) is 0 Å². The van der Waals surface area contributed by atoms with Gasteiger partial charge in [0.1, 0.15) is 17.7 Å². The van der Waals surface area contributed by atoms with E-state index in [1.807, 2.05) is 30.3 Å². The standard InChI is InChI=1S/C30H35FN2O3/c1-22(2)24-6-5-7-25(19-24)36-28(26-8-3-4-9-27(26)31)12-13-32-14-16-33(17-15-32)20-23-10-11-29-30(18-23)35-21-34-29/h3-11,18-19,22,28H,12-17,20-21H2,1-2H3. The van der Waals surface area contributed by atoms with Crippen molar-refractivity contribution in [3.63, 3.8) is 0 Å². The molecule has 1 atom stereocenters. The lowest BCUT2D eigenvalue weighted by Gasteiger charge is -2.35. The Morgan fingerprint density at radius 3 is 2.44 bits per heavy atom. The fourth-order valence-corrected chi connectivity index (χ4v) is 4.89. The van der Waals surface area contributed by atoms with Gasteiger partial charge in [-0.1, -0.05) is 50.2 Å². The van der Waals surface area contributed by atoms with Crippen molar-refractivity contribution in [2.45, 2.75) is 38.8 Å². The zero-order valence-corrected chi connectivity index (χ0v) is 21.2. The molecule has 190 valence electrons. The zero-order chi connectivity index (χ0) is 24.9. The summed E-state index contributed by atoms with van der Waals surface area (Å²) in [6, 6.07) is 21.3. The van der Waals surface area contributed by atoms with Crippen LogP contribution in [-0.2, 0) is 6.54 Å². The highest BCUT2D eigenvalue weighted by Crippen LogP contribution is 2.33. The number of ether oxygens (including phenoxy) is 3. The Bertz CT molecular complexity index is 1160. The lowest BCUT2D eigenvalue weighted by molar-refractivity contribution is 0.106. The van der Waals surface area contributed by atoms with Gasteiger partial charge in [0.25, 0.3) is 0 Å². The number of hydrogen-bond acceptors (Lipinski definition) is 5. The van der Waals surface area contributed by atoms with E-state index in [1.165, 1.54) is 17.2 Å². The summed E-state index contributed by atoms with van der Waals surface area (Å²) in [5, 5.41) is 0. The Kier molecular flexibility index (Phi) is 7.73. The molecule has 0 radical (unpaired) electrons. The lowest BCUT2D eigenvalue weighted by atomic mass is 10.0. The topological polar surface area (TPSA) is 34.2 Å². The highest BCUT2D eigenvalue weighted by molar-refractivity contribution is 5.44. The fourth-order valence-electron chi connectivity index (χ4n) is 4.89. The smallest absolute Gasteiger partial charge is 0.231 e. The first kappa shape index (κ1) is 24.6. The minimum absolute atomic E-state index is 0.212. The molecule has 2 aliphatic heterocycles. The fraction of sp³-hybridized carbons (Fsp3) is 0.400. The maximum Gasteiger partial charge on any atom is 0.231 e. The van der Waals surface area contributed by atoms with Crippen LogP contribution in [0.5, 0.6) is 17.2 Å². The highest BCUT2D eigenvalue weighted by atomic mass is 19.1. The van der Waals surface area contributed by atoms with E-state index >= 15 is 0 Å². The molecule has 36 heavy (non-hydrogen) atoms. The number of halogens is 1. The van der Waals surface area contributed by atoms with E-state index in [1.54, 1.807) is 6.07 Å². The van der Waals surface area contributed by atoms with E-state index in [2.05, 4.69) is 47.9 Å². The van der Waals surface area contributed by atoms with E-state index < -0.39 is 0 Å². The molecule has 2 heterocycles. The molecule has 5 rings (SSSR count). The van der Waals surface area contributed by atoms with E-state index in [-0.39, 0.29) is 11.9 Å². The summed E-state index contributed by atoms with van der Waals surface area (Å²) in [4.78, 5) is 4.92. The second kappa shape index (κ2) is 11.3. The molecule has 3 aromatic rings. The van der Waals surface area contributed by atoms with Crippen molar-refractivity contribution in [2.24, 2.45) is 0 Å². The molecule has 0 spiro atoms. The highest BCUT2D eigenvalue weighted by Gasteiger charge is 2.23. The van der Waals surface area contributed by atoms with E-state index in [9.17, 15) is 4.39 Å². The predicted molar refractivity (Wildman–Crippen MR) is 139 cm³/mol. The molecule has 2 aliphatic rings. The summed E-state index contributed by atoms with van der Waals surface area (Å²) in [7, 11) is 0. The van der Waals surface area contributed by atoms with Crippen molar-refractivity contribution < 1.29 is 18.6 Å². The molecule has 1 saturated heterocycles. The van der Waals surface area contributed by atoms with Crippen molar-refractivity contribution in [2.75, 3.05) is 39.5 Å². The number of benzene rings is 3. The number of fused-ring (bicyclic) bond motifs is 1. The van der Waals surface area contributed by atoms with Crippen LogP contribution < -0.4 is 14.2 Å². The molecule has 3 aromatic carbocycles. The van der Waals surface area contributed by atoms with Gasteiger partial charge in [0.15, 0.2) is 11.5 Å². The van der Waals surface area contributed by atoms with Crippen molar-refractivity contribution >= 4 is 0 Å². The third-order valence-corrected chi connectivity index (χ3v) is 7.07. The SMILES string of the molecule is CC(C)c1cccc(OC(CCN2CCN(Cc3ccc4c(c3)OCO4)CC2)c2ccccc2F)c1. The van der Waals surface area contributed by atoms with Crippen molar-refractivity contribution in [3.05, 3.63) is 89.2 Å². The monoisotopic (exact) mass is 490 g/mol. The van der Waals surface area contributed by atoms with Gasteiger partial charge >= 0.3 is 0 Å². The maximum atomic E-state index is 14.7. The molecule has 5 nitrogen and oxygen atoms in total. The van der Waals surface area contributed by atoms with Gasteiger partial charge < -0.3 is 19.1 Å². The first-order valence-corrected chi connectivity index (χ1v) is 12.9. The minimum atomic E-state index is -0.333. The Morgan fingerprint density at radius 1 is 0.861 bits per heavy atom. The summed E-state index contributed by atoms with van der Waals surface area (Å²) >= 11 is 0. The second-order valence-electron chi connectivity index (χ2n) is 9.95. The van der Waals surface area contributed by atoms with Gasteiger partial charge in [0, 0.05) is 51.3 Å². The first-order valence-electron chi connectivity index (χ1n) is 12.9. The molecular weight excluding hydrogens is 455 g/mol. The third-order valence-electron chi connectivity index (χ3n) is 7.07. The Balaban J connectivity index is 1.18. The molecule has 0 aromatic heterocycles. The average molecular weight is 491 g/mol. The zero-order valence-electron chi connectivity index (χ0n) is 21.2. The summed E-state index contributed by atoms with van der Waals surface area (Å²) in [6.45, 7) is 10.4. The molecule has 1 unspecified atom stereocenters. The van der Waals surface area contributed by atoms with Gasteiger partial charge in [0.2, 0.25) is 6.79 Å². The molecule has 6 heteroatoms. The Morgan fingerprint density at radius 2 is 1.64 bits per heavy atom. The molecule has 0 aliphatic carbocycles. The van der Waals surface area contributed by atoms with Crippen LogP contribution in [0.4, 0.5) is 4.39 Å². The molecule has 1 fully saturated rings. The summed E-state index contributed by atoms with van der Waals surface area (Å²) < 4.78 is 32.1. The second-order valence-corrected chi connectivity index (χ2v) is 9.95. The maximum absolute atomic E-state index is 14.7. The number of piperazine rings is 1. The van der Waals surface area contributed by atoms with Crippen LogP contribution in [0.15, 0.2) is 66.7 Å². The van der Waals surface area contributed by atoms with Crippen LogP contribution >= 0.6 is 0 Å². The van der Waals surface area contributed by atoms with Crippen LogP contribution in [0.25, 0.3) is 0 Å². The summed E-state index contributed by atoms with van der Waals surface area (Å²) in [5.41, 5.74) is 3.08. The van der Waals surface area contributed by atoms with Gasteiger partial charge in [-0.25, -0.2) is 4.39 Å². The van der Waals surface area contributed by atoms with Crippen LogP contribution in [0.3, 0.4) is 0 Å². The van der Waals surface area contributed by atoms with Crippen LogP contribution in [0.1, 0.15) is 49.0 Å². The van der Waals surface area contributed by atoms with Crippen LogP contribution in [0.2, 0.25) is 0 Å². The lowest BCUT2D eigenvalue weighted by Crippen LogP contribution is -2.46. The molecule has 0 bridgehead atoms. The van der Waals surface area contributed by atoms with Crippen LogP contribution in [0, 0.1) is 5.82 Å². The Hall–Kier alpha value is -3.09. The number of hydrogen-bond donors (Lipinski definition) is 0. The molecular formula is C30H35FN2O3. The van der Waals surface area contributed by atoms with Gasteiger partial charge in [-0.3, -0.25) is 4.90 Å². The normalized spacial score (nSPS) is 16.9. The van der Waals surface area contributed by atoms with E-state index in [0.29, 0.717) is 18.3 Å². The molecule has 0 saturated carbocycles. The number of rotatable bonds is 9. The van der Waals surface area contributed by atoms with E-state index in [4.69, 9.17) is 14.2 Å². The average Bonchev–Trinajstić information content (AvgIpc) is 3.36. The molecule has 0 N–H and O–H groups in total.